The maximum absolute atomic E-state index is 4.92. The van der Waals surface area contributed by atoms with E-state index in [2.05, 4.69) is 48.9 Å². The lowest BCUT2D eigenvalue weighted by atomic mass is 10.2. The Morgan fingerprint density at radius 2 is 2.17 bits per heavy atom. The van der Waals surface area contributed by atoms with Crippen LogP contribution in [0.5, 0.6) is 0 Å². The molecule has 0 aliphatic heterocycles. The molecule has 3 aromatic rings. The second-order valence-electron chi connectivity index (χ2n) is 3.72. The van der Waals surface area contributed by atoms with E-state index in [1.807, 2.05) is 12.1 Å². The maximum Gasteiger partial charge on any atom is 0.180 e. The summed E-state index contributed by atoms with van der Waals surface area (Å²) < 4.78 is 6.08. The van der Waals surface area contributed by atoms with Crippen molar-refractivity contribution in [3.8, 4) is 0 Å². The largest absolute Gasteiger partial charge is 0.451 e. The molecule has 0 spiro atoms. The van der Waals surface area contributed by atoms with Gasteiger partial charge in [-0.1, -0.05) is 0 Å². The Hall–Kier alpha value is -1.70. The fourth-order valence-corrected chi connectivity index (χ4v) is 2.16. The number of nitrogens with zero attached hydrogens (tertiary/aromatic N) is 3. The van der Waals surface area contributed by atoms with E-state index in [1.54, 1.807) is 12.6 Å². The molecule has 18 heavy (non-hydrogen) atoms. The molecule has 6 heteroatoms. The molecule has 0 unspecified atom stereocenters. The lowest BCUT2D eigenvalue weighted by molar-refractivity contribution is 0.556. The summed E-state index contributed by atoms with van der Waals surface area (Å²) in [5.74, 6) is 0.807. The quantitative estimate of drug-likeness (QED) is 0.735. The summed E-state index contributed by atoms with van der Waals surface area (Å²) in [7, 11) is 0. The third-order valence-corrected chi connectivity index (χ3v) is 3.19. The molecule has 0 fully saturated rings. The number of nitrogens with one attached hydrogen (secondary N) is 1. The highest BCUT2D eigenvalue weighted by molar-refractivity contribution is 14.1. The number of rotatable bonds is 3. The van der Waals surface area contributed by atoms with Gasteiger partial charge in [-0.15, -0.1) is 0 Å². The maximum atomic E-state index is 4.92. The minimum absolute atomic E-state index is 0.577. The lowest BCUT2D eigenvalue weighted by Crippen LogP contribution is -2.02. The second kappa shape index (κ2) is 4.89. The van der Waals surface area contributed by atoms with E-state index < -0.39 is 0 Å². The molecule has 1 aromatic carbocycles. The Morgan fingerprint density at radius 3 is 3.00 bits per heavy atom. The van der Waals surface area contributed by atoms with Gasteiger partial charge < -0.3 is 9.73 Å². The number of oxazole rings is 1. The van der Waals surface area contributed by atoms with Crippen molar-refractivity contribution in [1.29, 1.82) is 0 Å². The van der Waals surface area contributed by atoms with Crippen molar-refractivity contribution in [2.24, 2.45) is 0 Å². The number of aromatic nitrogens is 3. The minimum atomic E-state index is 0.577. The summed E-state index contributed by atoms with van der Waals surface area (Å²) in [6.07, 6.45) is 4.58. The third kappa shape index (κ3) is 2.28. The van der Waals surface area contributed by atoms with Crippen molar-refractivity contribution >= 4 is 39.3 Å². The first kappa shape index (κ1) is 11.4. The van der Waals surface area contributed by atoms with Gasteiger partial charge in [-0.05, 0) is 40.8 Å². The normalized spacial score (nSPS) is 10.7. The zero-order chi connectivity index (χ0) is 12.4. The smallest absolute Gasteiger partial charge is 0.180 e. The number of hydrogen-bond acceptors (Lipinski definition) is 5. The first-order chi connectivity index (χ1) is 8.83. The molecule has 90 valence electrons. The van der Waals surface area contributed by atoms with E-state index in [9.17, 15) is 0 Å². The molecule has 0 atom stereocenters. The first-order valence-corrected chi connectivity index (χ1v) is 6.42. The number of anilines is 1. The van der Waals surface area contributed by atoms with Crippen LogP contribution in [-0.4, -0.2) is 15.0 Å². The number of benzene rings is 1. The summed E-state index contributed by atoms with van der Waals surface area (Å²) in [6, 6.07) is 6.07. The molecule has 0 aliphatic carbocycles. The first-order valence-electron chi connectivity index (χ1n) is 5.34. The Labute approximate surface area is 117 Å². The molecule has 0 radical (unpaired) electrons. The van der Waals surface area contributed by atoms with Gasteiger partial charge in [0.2, 0.25) is 0 Å². The van der Waals surface area contributed by atoms with Crippen LogP contribution in [0.15, 0.2) is 41.6 Å². The molecule has 0 bridgehead atoms. The Bertz CT molecular complexity index is 669. The van der Waals surface area contributed by atoms with Crippen molar-refractivity contribution in [2.45, 2.75) is 6.54 Å². The third-order valence-electron chi connectivity index (χ3n) is 2.52. The van der Waals surface area contributed by atoms with Gasteiger partial charge >= 0.3 is 0 Å². The van der Waals surface area contributed by atoms with Crippen LogP contribution in [0, 0.1) is 3.57 Å². The highest BCUT2D eigenvalue weighted by Crippen LogP contribution is 2.21. The van der Waals surface area contributed by atoms with Gasteiger partial charge in [0, 0.05) is 8.96 Å². The standard InChI is InChI=1S/C12H9IN4O/c13-8-1-2-11-10(3-8)12(16-6-15-11)14-4-9-5-18-7-17-9/h1-3,5-7H,4H2,(H,14,15,16). The molecular weight excluding hydrogens is 343 g/mol. The predicted molar refractivity (Wildman–Crippen MR) is 76.1 cm³/mol. The van der Waals surface area contributed by atoms with Crippen molar-refractivity contribution in [3.63, 3.8) is 0 Å². The van der Waals surface area contributed by atoms with Crippen molar-refractivity contribution in [3.05, 3.63) is 46.4 Å². The second-order valence-corrected chi connectivity index (χ2v) is 4.96. The van der Waals surface area contributed by atoms with E-state index in [0.29, 0.717) is 6.54 Å². The molecular formula is C12H9IN4O. The number of hydrogen-bond donors (Lipinski definition) is 1. The van der Waals surface area contributed by atoms with Gasteiger partial charge in [0.1, 0.15) is 18.4 Å². The summed E-state index contributed by atoms with van der Waals surface area (Å²) >= 11 is 2.27. The van der Waals surface area contributed by atoms with Crippen LogP contribution in [0.4, 0.5) is 5.82 Å². The van der Waals surface area contributed by atoms with Gasteiger partial charge in [-0.3, -0.25) is 0 Å². The van der Waals surface area contributed by atoms with Crippen LogP contribution in [0.25, 0.3) is 10.9 Å². The summed E-state index contributed by atoms with van der Waals surface area (Å²) in [5, 5.41) is 4.25. The Kier molecular flexibility index (Phi) is 3.09. The zero-order valence-corrected chi connectivity index (χ0v) is 11.5. The van der Waals surface area contributed by atoms with Crippen LogP contribution in [0.2, 0.25) is 0 Å². The average Bonchev–Trinajstić information content (AvgIpc) is 2.89. The fourth-order valence-electron chi connectivity index (χ4n) is 1.67. The van der Waals surface area contributed by atoms with Crippen LogP contribution < -0.4 is 5.32 Å². The number of halogens is 1. The molecule has 3 rings (SSSR count). The summed E-state index contributed by atoms with van der Waals surface area (Å²) in [4.78, 5) is 12.6. The van der Waals surface area contributed by atoms with Gasteiger partial charge in [0.05, 0.1) is 17.8 Å². The van der Waals surface area contributed by atoms with Gasteiger partial charge in [0.15, 0.2) is 6.39 Å². The zero-order valence-electron chi connectivity index (χ0n) is 9.30. The highest BCUT2D eigenvalue weighted by Gasteiger charge is 2.04. The van der Waals surface area contributed by atoms with Crippen LogP contribution in [-0.2, 0) is 6.54 Å². The molecule has 0 saturated carbocycles. The minimum Gasteiger partial charge on any atom is -0.451 e. The lowest BCUT2D eigenvalue weighted by Gasteiger charge is -2.06. The molecule has 5 nitrogen and oxygen atoms in total. The molecule has 1 N–H and O–H groups in total. The van der Waals surface area contributed by atoms with Crippen LogP contribution in [0.3, 0.4) is 0 Å². The molecule has 0 amide bonds. The molecule has 2 heterocycles. The van der Waals surface area contributed by atoms with Gasteiger partial charge in [0.25, 0.3) is 0 Å². The summed E-state index contributed by atoms with van der Waals surface area (Å²) in [5.41, 5.74) is 1.76. The summed E-state index contributed by atoms with van der Waals surface area (Å²) in [6.45, 7) is 0.577. The predicted octanol–water partition coefficient (Wildman–Crippen LogP) is 2.83. The van der Waals surface area contributed by atoms with E-state index in [-0.39, 0.29) is 0 Å². The Balaban J connectivity index is 1.93. The van der Waals surface area contributed by atoms with Gasteiger partial charge in [-0.25, -0.2) is 15.0 Å². The highest BCUT2D eigenvalue weighted by atomic mass is 127. The van der Waals surface area contributed by atoms with Gasteiger partial charge in [-0.2, -0.15) is 0 Å². The van der Waals surface area contributed by atoms with E-state index in [0.717, 1.165) is 26.0 Å². The molecule has 2 aromatic heterocycles. The van der Waals surface area contributed by atoms with Crippen LogP contribution in [0.1, 0.15) is 5.69 Å². The van der Waals surface area contributed by atoms with Crippen LogP contribution >= 0.6 is 22.6 Å². The van der Waals surface area contributed by atoms with E-state index in [1.165, 1.54) is 6.39 Å². The monoisotopic (exact) mass is 352 g/mol. The van der Waals surface area contributed by atoms with E-state index in [4.69, 9.17) is 4.42 Å². The van der Waals surface area contributed by atoms with Crippen molar-refractivity contribution in [1.82, 2.24) is 15.0 Å². The van der Waals surface area contributed by atoms with Crippen molar-refractivity contribution < 1.29 is 4.42 Å². The topological polar surface area (TPSA) is 63.8 Å². The molecule has 0 saturated heterocycles. The number of fused-ring (bicyclic) bond motifs is 1. The Morgan fingerprint density at radius 1 is 1.22 bits per heavy atom. The fraction of sp³-hybridized carbons (Fsp3) is 0.0833. The molecule has 0 aliphatic rings. The average molecular weight is 352 g/mol. The SMILES string of the molecule is Ic1ccc2ncnc(NCc3cocn3)c2c1. The van der Waals surface area contributed by atoms with E-state index >= 15 is 0 Å². The van der Waals surface area contributed by atoms with Crippen molar-refractivity contribution in [2.75, 3.05) is 5.32 Å².